The number of hydrogen-bond donors (Lipinski definition) is 1. The zero-order valence-electron chi connectivity index (χ0n) is 11.3. The Morgan fingerprint density at radius 2 is 2.00 bits per heavy atom. The summed E-state index contributed by atoms with van der Waals surface area (Å²) >= 11 is 0. The summed E-state index contributed by atoms with van der Waals surface area (Å²) < 4.78 is 13.1. The summed E-state index contributed by atoms with van der Waals surface area (Å²) in [5.41, 5.74) is 1.62. The van der Waals surface area contributed by atoms with E-state index < -0.39 is 0 Å². The second-order valence-electron chi connectivity index (χ2n) is 4.25. The highest BCUT2D eigenvalue weighted by Gasteiger charge is 2.08. The van der Waals surface area contributed by atoms with Crippen LogP contribution in [0.25, 0.3) is 0 Å². The molecule has 0 saturated heterocycles. The van der Waals surface area contributed by atoms with Crippen LogP contribution in [0.3, 0.4) is 0 Å². The maximum atomic E-state index is 13.1. The number of aryl methyl sites for hydroxylation is 1. The largest absolute Gasteiger partial charge is 0.342 e. The van der Waals surface area contributed by atoms with Crippen molar-refractivity contribution in [3.63, 3.8) is 0 Å². The van der Waals surface area contributed by atoms with Crippen molar-refractivity contribution < 1.29 is 9.18 Å². The van der Waals surface area contributed by atoms with E-state index in [9.17, 15) is 9.18 Å². The van der Waals surface area contributed by atoms with E-state index in [1.165, 1.54) is 6.07 Å². The van der Waals surface area contributed by atoms with Crippen LogP contribution in [-0.4, -0.2) is 30.4 Å². The number of carbonyl (C=O) groups is 1. The van der Waals surface area contributed by atoms with Crippen molar-refractivity contribution >= 4 is 5.91 Å². The van der Waals surface area contributed by atoms with Gasteiger partial charge in [-0.25, -0.2) is 4.39 Å². The fourth-order valence-electron chi connectivity index (χ4n) is 1.82. The van der Waals surface area contributed by atoms with Crippen molar-refractivity contribution in [2.45, 2.75) is 27.3 Å². The van der Waals surface area contributed by atoms with Gasteiger partial charge >= 0.3 is 0 Å². The summed E-state index contributed by atoms with van der Waals surface area (Å²) in [6, 6.07) is 4.99. The quantitative estimate of drug-likeness (QED) is 0.841. The molecule has 0 bridgehead atoms. The van der Waals surface area contributed by atoms with Crippen LogP contribution >= 0.6 is 0 Å². The Morgan fingerprint density at radius 3 is 2.56 bits per heavy atom. The first-order valence-electron chi connectivity index (χ1n) is 6.32. The van der Waals surface area contributed by atoms with E-state index in [2.05, 4.69) is 5.32 Å². The molecule has 0 saturated carbocycles. The molecule has 1 amide bonds. The number of likely N-dealkylation sites (N-methyl/N-ethyl adjacent to an activating group) is 1. The van der Waals surface area contributed by atoms with Crippen LogP contribution in [0.15, 0.2) is 18.2 Å². The average Bonchev–Trinajstić information content (AvgIpc) is 2.35. The standard InChI is InChI=1S/C14H21FN2O/c1-4-17(5-2)14(18)10-16-9-12-6-7-13(15)11(3)8-12/h6-8,16H,4-5,9-10H2,1-3H3. The van der Waals surface area contributed by atoms with Gasteiger partial charge in [0.25, 0.3) is 0 Å². The summed E-state index contributed by atoms with van der Waals surface area (Å²) in [5, 5.41) is 3.08. The molecule has 1 aromatic rings. The van der Waals surface area contributed by atoms with Crippen molar-refractivity contribution in [1.29, 1.82) is 0 Å². The molecule has 0 radical (unpaired) electrons. The van der Waals surface area contributed by atoms with Gasteiger partial charge in [0.05, 0.1) is 6.54 Å². The monoisotopic (exact) mass is 252 g/mol. The van der Waals surface area contributed by atoms with Crippen LogP contribution in [0.1, 0.15) is 25.0 Å². The first-order valence-corrected chi connectivity index (χ1v) is 6.32. The molecule has 0 fully saturated rings. The minimum absolute atomic E-state index is 0.0961. The second kappa shape index (κ2) is 7.11. The second-order valence-corrected chi connectivity index (χ2v) is 4.25. The highest BCUT2D eigenvalue weighted by Crippen LogP contribution is 2.08. The van der Waals surface area contributed by atoms with Crippen LogP contribution in [0, 0.1) is 12.7 Å². The lowest BCUT2D eigenvalue weighted by atomic mass is 10.1. The van der Waals surface area contributed by atoms with Gasteiger partial charge in [-0.3, -0.25) is 4.79 Å². The van der Waals surface area contributed by atoms with Crippen molar-refractivity contribution in [3.8, 4) is 0 Å². The minimum Gasteiger partial charge on any atom is -0.342 e. The first-order chi connectivity index (χ1) is 8.58. The number of hydrogen-bond acceptors (Lipinski definition) is 2. The first kappa shape index (κ1) is 14.6. The van der Waals surface area contributed by atoms with E-state index in [0.717, 1.165) is 18.7 Å². The third kappa shape index (κ3) is 4.11. The third-order valence-electron chi connectivity index (χ3n) is 2.94. The van der Waals surface area contributed by atoms with Gasteiger partial charge in [0.15, 0.2) is 0 Å². The van der Waals surface area contributed by atoms with Crippen LogP contribution < -0.4 is 5.32 Å². The topological polar surface area (TPSA) is 32.3 Å². The van der Waals surface area contributed by atoms with Crippen molar-refractivity contribution in [2.24, 2.45) is 0 Å². The Kier molecular flexibility index (Phi) is 5.78. The van der Waals surface area contributed by atoms with Crippen LogP contribution in [0.2, 0.25) is 0 Å². The highest BCUT2D eigenvalue weighted by atomic mass is 19.1. The summed E-state index contributed by atoms with van der Waals surface area (Å²) in [5.74, 6) is -0.100. The summed E-state index contributed by atoms with van der Waals surface area (Å²) in [6.45, 7) is 8.01. The number of carbonyl (C=O) groups excluding carboxylic acids is 1. The number of nitrogens with zero attached hydrogens (tertiary/aromatic N) is 1. The van der Waals surface area contributed by atoms with Gasteiger partial charge in [-0.1, -0.05) is 12.1 Å². The normalized spacial score (nSPS) is 10.4. The lowest BCUT2D eigenvalue weighted by Gasteiger charge is -2.18. The van der Waals surface area contributed by atoms with Crippen molar-refractivity contribution in [2.75, 3.05) is 19.6 Å². The molecule has 3 nitrogen and oxygen atoms in total. The molecule has 100 valence electrons. The number of halogens is 1. The van der Waals surface area contributed by atoms with Crippen LogP contribution in [0.4, 0.5) is 4.39 Å². The SMILES string of the molecule is CCN(CC)C(=O)CNCc1ccc(F)c(C)c1. The zero-order chi connectivity index (χ0) is 13.5. The van der Waals surface area contributed by atoms with Gasteiger partial charge in [0, 0.05) is 19.6 Å². The highest BCUT2D eigenvalue weighted by molar-refractivity contribution is 5.78. The number of benzene rings is 1. The maximum Gasteiger partial charge on any atom is 0.236 e. The molecular formula is C14H21FN2O. The molecule has 0 aromatic heterocycles. The van der Waals surface area contributed by atoms with Gasteiger partial charge in [0.2, 0.25) is 5.91 Å². The number of nitrogens with one attached hydrogen (secondary N) is 1. The predicted octanol–water partition coefficient (Wildman–Crippen LogP) is 2.09. The van der Waals surface area contributed by atoms with E-state index in [4.69, 9.17) is 0 Å². The third-order valence-corrected chi connectivity index (χ3v) is 2.94. The molecule has 1 N–H and O–H groups in total. The van der Waals surface area contributed by atoms with E-state index in [-0.39, 0.29) is 11.7 Å². The Bertz CT molecular complexity index is 403. The molecule has 1 aromatic carbocycles. The lowest BCUT2D eigenvalue weighted by molar-refractivity contribution is -0.129. The molecule has 18 heavy (non-hydrogen) atoms. The smallest absolute Gasteiger partial charge is 0.236 e. The van der Waals surface area contributed by atoms with E-state index >= 15 is 0 Å². The van der Waals surface area contributed by atoms with Crippen LogP contribution in [0.5, 0.6) is 0 Å². The van der Waals surface area contributed by atoms with Gasteiger partial charge in [-0.05, 0) is 38.0 Å². The Morgan fingerprint density at radius 1 is 1.33 bits per heavy atom. The maximum absolute atomic E-state index is 13.1. The average molecular weight is 252 g/mol. The zero-order valence-corrected chi connectivity index (χ0v) is 11.3. The minimum atomic E-state index is -0.196. The molecule has 0 atom stereocenters. The molecule has 0 aliphatic heterocycles. The summed E-state index contributed by atoms with van der Waals surface area (Å²) in [7, 11) is 0. The molecule has 0 spiro atoms. The number of amides is 1. The van der Waals surface area contributed by atoms with Crippen molar-refractivity contribution in [3.05, 3.63) is 35.1 Å². The number of rotatable bonds is 6. The van der Waals surface area contributed by atoms with E-state index in [1.54, 1.807) is 24.0 Å². The van der Waals surface area contributed by atoms with Gasteiger partial charge < -0.3 is 10.2 Å². The molecular weight excluding hydrogens is 231 g/mol. The van der Waals surface area contributed by atoms with Gasteiger partial charge in [-0.2, -0.15) is 0 Å². The fraction of sp³-hybridized carbons (Fsp3) is 0.500. The molecule has 0 aliphatic rings. The Balaban J connectivity index is 2.41. The molecule has 0 heterocycles. The molecule has 4 heteroatoms. The van der Waals surface area contributed by atoms with Gasteiger partial charge in [0.1, 0.15) is 5.82 Å². The lowest BCUT2D eigenvalue weighted by Crippen LogP contribution is -2.37. The van der Waals surface area contributed by atoms with E-state index in [0.29, 0.717) is 18.7 Å². The summed E-state index contributed by atoms with van der Waals surface area (Å²) in [4.78, 5) is 13.5. The molecule has 0 aliphatic carbocycles. The van der Waals surface area contributed by atoms with Gasteiger partial charge in [-0.15, -0.1) is 0 Å². The van der Waals surface area contributed by atoms with Crippen molar-refractivity contribution in [1.82, 2.24) is 10.2 Å². The Labute approximate surface area is 108 Å². The molecule has 0 unspecified atom stereocenters. The molecule has 1 rings (SSSR count). The fourth-order valence-corrected chi connectivity index (χ4v) is 1.82. The predicted molar refractivity (Wildman–Crippen MR) is 70.8 cm³/mol. The van der Waals surface area contributed by atoms with E-state index in [1.807, 2.05) is 13.8 Å². The van der Waals surface area contributed by atoms with Crippen LogP contribution in [-0.2, 0) is 11.3 Å². The Hall–Kier alpha value is -1.42. The summed E-state index contributed by atoms with van der Waals surface area (Å²) in [6.07, 6.45) is 0.